The summed E-state index contributed by atoms with van der Waals surface area (Å²) < 4.78 is 42.2. The predicted molar refractivity (Wildman–Crippen MR) is 76.9 cm³/mol. The van der Waals surface area contributed by atoms with Gasteiger partial charge in [-0.1, -0.05) is 5.16 Å². The first-order valence-electron chi connectivity index (χ1n) is 6.90. The van der Waals surface area contributed by atoms with Gasteiger partial charge >= 0.3 is 6.18 Å². The van der Waals surface area contributed by atoms with Crippen LogP contribution in [0.2, 0.25) is 0 Å². The maximum absolute atomic E-state index is 12.4. The molecular weight excluding hydrogens is 327 g/mol. The van der Waals surface area contributed by atoms with Gasteiger partial charge < -0.3 is 15.2 Å². The van der Waals surface area contributed by atoms with Gasteiger partial charge in [-0.2, -0.15) is 13.2 Å². The first kappa shape index (κ1) is 17.5. The van der Waals surface area contributed by atoms with Gasteiger partial charge in [0.25, 0.3) is 5.91 Å². The van der Waals surface area contributed by atoms with E-state index in [0.717, 1.165) is 24.3 Å². The Bertz CT molecular complexity index is 724. The summed E-state index contributed by atoms with van der Waals surface area (Å²) in [4.78, 5) is 23.4. The second-order valence-electron chi connectivity index (χ2n) is 4.97. The van der Waals surface area contributed by atoms with Crippen molar-refractivity contribution in [2.45, 2.75) is 19.6 Å². The molecule has 128 valence electrons. The molecule has 2 aromatic rings. The van der Waals surface area contributed by atoms with Crippen molar-refractivity contribution in [1.29, 1.82) is 0 Å². The number of aryl methyl sites for hydroxylation is 1. The number of aromatic nitrogens is 1. The molecule has 24 heavy (non-hydrogen) atoms. The van der Waals surface area contributed by atoms with Crippen LogP contribution in [-0.2, 0) is 17.5 Å². The van der Waals surface area contributed by atoms with Crippen molar-refractivity contribution in [3.8, 4) is 0 Å². The molecule has 0 aliphatic heterocycles. The lowest BCUT2D eigenvalue weighted by Gasteiger charge is -2.08. The lowest BCUT2D eigenvalue weighted by molar-refractivity contribution is -0.137. The number of alkyl halides is 3. The normalized spacial score (nSPS) is 11.2. The Kier molecular flexibility index (Phi) is 5.22. The van der Waals surface area contributed by atoms with Crippen LogP contribution in [0.4, 0.5) is 13.2 Å². The van der Waals surface area contributed by atoms with Crippen molar-refractivity contribution in [2.24, 2.45) is 0 Å². The molecule has 0 unspecified atom stereocenters. The van der Waals surface area contributed by atoms with Crippen LogP contribution in [0.1, 0.15) is 27.4 Å². The van der Waals surface area contributed by atoms with Gasteiger partial charge in [0.15, 0.2) is 5.76 Å². The molecule has 0 atom stereocenters. The van der Waals surface area contributed by atoms with Crippen molar-refractivity contribution >= 4 is 11.8 Å². The third kappa shape index (κ3) is 4.83. The number of nitrogens with one attached hydrogen (secondary N) is 2. The summed E-state index contributed by atoms with van der Waals surface area (Å²) in [5.41, 5.74) is -0.143. The van der Waals surface area contributed by atoms with Crippen molar-refractivity contribution in [3.05, 3.63) is 52.9 Å². The molecule has 0 saturated heterocycles. The summed E-state index contributed by atoms with van der Waals surface area (Å²) >= 11 is 0. The lowest BCUT2D eigenvalue weighted by atomic mass is 10.1. The molecular formula is C15H14F3N3O3. The van der Waals surface area contributed by atoms with Gasteiger partial charge in [-0.3, -0.25) is 9.59 Å². The molecule has 0 spiro atoms. The first-order chi connectivity index (χ1) is 11.3. The van der Waals surface area contributed by atoms with E-state index >= 15 is 0 Å². The highest BCUT2D eigenvalue weighted by atomic mass is 19.4. The van der Waals surface area contributed by atoms with Gasteiger partial charge in [-0.15, -0.1) is 0 Å². The molecule has 6 nitrogen and oxygen atoms in total. The lowest BCUT2D eigenvalue weighted by Crippen LogP contribution is -2.36. The van der Waals surface area contributed by atoms with E-state index in [1.54, 1.807) is 13.0 Å². The Morgan fingerprint density at radius 3 is 2.38 bits per heavy atom. The minimum absolute atomic E-state index is 0.0293. The van der Waals surface area contributed by atoms with E-state index in [1.165, 1.54) is 0 Å². The van der Waals surface area contributed by atoms with Crippen LogP contribution in [-0.4, -0.2) is 23.5 Å². The predicted octanol–water partition coefficient (Wildman–Crippen LogP) is 2.05. The highest BCUT2D eigenvalue weighted by Crippen LogP contribution is 2.28. The van der Waals surface area contributed by atoms with Crippen LogP contribution in [0.25, 0.3) is 0 Å². The molecule has 9 heteroatoms. The fourth-order valence-electron chi connectivity index (χ4n) is 1.82. The molecule has 1 aromatic heterocycles. The highest BCUT2D eigenvalue weighted by Gasteiger charge is 2.30. The standard InChI is InChI=1S/C15H14F3N3O3/c1-9-6-12(24-21-9)7-19-13(22)8-20-14(23)10-2-4-11(5-3-10)15(16,17)18/h2-6H,7-8H2,1H3,(H,19,22)(H,20,23). The number of carbonyl (C=O) groups excluding carboxylic acids is 2. The third-order valence-electron chi connectivity index (χ3n) is 3.02. The first-order valence-corrected chi connectivity index (χ1v) is 6.90. The van der Waals surface area contributed by atoms with Crippen LogP contribution in [0.3, 0.4) is 0 Å². The molecule has 0 radical (unpaired) electrons. The summed E-state index contributed by atoms with van der Waals surface area (Å²) in [6.45, 7) is 1.54. The molecule has 2 N–H and O–H groups in total. The van der Waals surface area contributed by atoms with Gasteiger partial charge in [-0.25, -0.2) is 0 Å². The second kappa shape index (κ2) is 7.16. The van der Waals surface area contributed by atoms with Crippen LogP contribution in [0.5, 0.6) is 0 Å². The van der Waals surface area contributed by atoms with Gasteiger partial charge in [-0.05, 0) is 31.2 Å². The molecule has 0 fully saturated rings. The van der Waals surface area contributed by atoms with Crippen molar-refractivity contribution in [3.63, 3.8) is 0 Å². The summed E-state index contributed by atoms with van der Waals surface area (Å²) in [6, 6.07) is 5.37. The number of rotatable bonds is 5. The van der Waals surface area contributed by atoms with E-state index in [-0.39, 0.29) is 18.7 Å². The van der Waals surface area contributed by atoms with Crippen molar-refractivity contribution in [1.82, 2.24) is 15.8 Å². The maximum atomic E-state index is 12.4. The molecule has 1 heterocycles. The van der Waals surface area contributed by atoms with Gasteiger partial charge in [0.2, 0.25) is 5.91 Å². The molecule has 2 rings (SSSR count). The average Bonchev–Trinajstić information content (AvgIpc) is 2.95. The molecule has 2 amide bonds. The van der Waals surface area contributed by atoms with Gasteiger partial charge in [0.05, 0.1) is 24.3 Å². The molecule has 0 aliphatic rings. The third-order valence-corrected chi connectivity index (χ3v) is 3.02. The number of halogens is 3. The van der Waals surface area contributed by atoms with Crippen LogP contribution in [0.15, 0.2) is 34.9 Å². The fourth-order valence-corrected chi connectivity index (χ4v) is 1.82. The van der Waals surface area contributed by atoms with Crippen LogP contribution < -0.4 is 10.6 Å². The van der Waals surface area contributed by atoms with E-state index in [4.69, 9.17) is 4.52 Å². The number of nitrogens with zero attached hydrogens (tertiary/aromatic N) is 1. The Morgan fingerprint density at radius 2 is 1.83 bits per heavy atom. The topological polar surface area (TPSA) is 84.2 Å². The number of benzene rings is 1. The number of hydrogen-bond donors (Lipinski definition) is 2. The zero-order valence-corrected chi connectivity index (χ0v) is 12.6. The zero-order valence-electron chi connectivity index (χ0n) is 12.6. The number of carbonyl (C=O) groups is 2. The molecule has 0 saturated carbocycles. The van der Waals surface area contributed by atoms with E-state index in [2.05, 4.69) is 15.8 Å². The van der Waals surface area contributed by atoms with Crippen LogP contribution in [0, 0.1) is 6.92 Å². The monoisotopic (exact) mass is 341 g/mol. The van der Waals surface area contributed by atoms with Crippen molar-refractivity contribution in [2.75, 3.05) is 6.54 Å². The summed E-state index contributed by atoms with van der Waals surface area (Å²) in [5.74, 6) is -0.645. The molecule has 0 bridgehead atoms. The van der Waals surface area contributed by atoms with E-state index in [1.807, 2.05) is 0 Å². The van der Waals surface area contributed by atoms with Gasteiger partial charge in [0.1, 0.15) is 0 Å². The van der Waals surface area contributed by atoms with Crippen molar-refractivity contribution < 1.29 is 27.3 Å². The second-order valence-corrected chi connectivity index (χ2v) is 4.97. The zero-order chi connectivity index (χ0) is 17.7. The Balaban J connectivity index is 1.80. The molecule has 0 aliphatic carbocycles. The number of hydrogen-bond acceptors (Lipinski definition) is 4. The highest BCUT2D eigenvalue weighted by molar-refractivity contribution is 5.96. The SMILES string of the molecule is Cc1cc(CNC(=O)CNC(=O)c2ccc(C(F)(F)F)cc2)on1. The average molecular weight is 341 g/mol. The Labute approximate surface area is 135 Å². The Hall–Kier alpha value is -2.84. The van der Waals surface area contributed by atoms with E-state index in [9.17, 15) is 22.8 Å². The fraction of sp³-hybridized carbons (Fsp3) is 0.267. The van der Waals surface area contributed by atoms with Gasteiger partial charge in [0, 0.05) is 11.6 Å². The van der Waals surface area contributed by atoms with Crippen LogP contribution >= 0.6 is 0 Å². The van der Waals surface area contributed by atoms with E-state index in [0.29, 0.717) is 11.5 Å². The Morgan fingerprint density at radius 1 is 1.17 bits per heavy atom. The minimum atomic E-state index is -4.46. The minimum Gasteiger partial charge on any atom is -0.359 e. The molecule has 1 aromatic carbocycles. The largest absolute Gasteiger partial charge is 0.416 e. The quantitative estimate of drug-likeness (QED) is 0.872. The summed E-state index contributed by atoms with van der Waals surface area (Å²) in [5, 5.41) is 8.49. The smallest absolute Gasteiger partial charge is 0.359 e. The van der Waals surface area contributed by atoms with E-state index < -0.39 is 23.6 Å². The maximum Gasteiger partial charge on any atom is 0.416 e. The summed E-state index contributed by atoms with van der Waals surface area (Å²) in [7, 11) is 0. The summed E-state index contributed by atoms with van der Waals surface area (Å²) in [6.07, 6.45) is -4.46. The number of amides is 2.